The third kappa shape index (κ3) is 3.86. The molecule has 0 aromatic heterocycles. The summed E-state index contributed by atoms with van der Waals surface area (Å²) in [5, 5.41) is 3.84. The van der Waals surface area contributed by atoms with Gasteiger partial charge in [0, 0.05) is 12.6 Å². The lowest BCUT2D eigenvalue weighted by molar-refractivity contribution is 0.328. The molecule has 19 heavy (non-hydrogen) atoms. The second-order valence-corrected chi connectivity index (χ2v) is 4.57. The van der Waals surface area contributed by atoms with Gasteiger partial charge in [0.05, 0.1) is 10.7 Å². The Morgan fingerprint density at radius 2 is 2.00 bits per heavy atom. The summed E-state index contributed by atoms with van der Waals surface area (Å²) in [5.74, 6) is 0.278. The Labute approximate surface area is 117 Å². The van der Waals surface area contributed by atoms with Gasteiger partial charge in [-0.2, -0.15) is 0 Å². The highest BCUT2D eigenvalue weighted by molar-refractivity contribution is 6.33. The van der Waals surface area contributed by atoms with Crippen LogP contribution in [-0.2, 0) is 0 Å². The van der Waals surface area contributed by atoms with Gasteiger partial charge in [-0.3, -0.25) is 0 Å². The van der Waals surface area contributed by atoms with E-state index in [4.69, 9.17) is 16.3 Å². The highest BCUT2D eigenvalue weighted by atomic mass is 35.5. The van der Waals surface area contributed by atoms with Crippen LogP contribution in [-0.4, -0.2) is 13.2 Å². The average Bonchev–Trinajstić information content (AvgIpc) is 2.40. The number of hydrogen-bond acceptors (Lipinski definition) is 2. The Bertz CT molecular complexity index is 560. The lowest BCUT2D eigenvalue weighted by Gasteiger charge is -2.11. The van der Waals surface area contributed by atoms with Crippen molar-refractivity contribution < 1.29 is 9.13 Å². The second kappa shape index (κ2) is 6.43. The Hall–Kier alpha value is -1.74. The molecule has 0 spiro atoms. The molecule has 0 amide bonds. The lowest BCUT2D eigenvalue weighted by Crippen LogP contribution is -2.12. The van der Waals surface area contributed by atoms with Gasteiger partial charge in [-0.1, -0.05) is 29.8 Å². The summed E-state index contributed by atoms with van der Waals surface area (Å²) in [5.41, 5.74) is 1.78. The number of rotatable bonds is 5. The molecule has 1 N–H and O–H groups in total. The second-order valence-electron chi connectivity index (χ2n) is 4.16. The molecule has 0 aliphatic carbocycles. The summed E-state index contributed by atoms with van der Waals surface area (Å²) in [6.45, 7) is 2.92. The summed E-state index contributed by atoms with van der Waals surface area (Å²) >= 11 is 6.01. The van der Waals surface area contributed by atoms with Crippen LogP contribution in [0.3, 0.4) is 0 Å². The van der Waals surface area contributed by atoms with E-state index in [1.54, 1.807) is 6.07 Å². The smallest absolute Gasteiger partial charge is 0.126 e. The molecule has 0 heterocycles. The molecule has 2 nitrogen and oxygen atoms in total. The molecule has 2 aromatic rings. The van der Waals surface area contributed by atoms with E-state index in [2.05, 4.69) is 5.32 Å². The van der Waals surface area contributed by atoms with Crippen LogP contribution in [0, 0.1) is 12.7 Å². The van der Waals surface area contributed by atoms with Crippen molar-refractivity contribution in [3.63, 3.8) is 0 Å². The number of anilines is 1. The van der Waals surface area contributed by atoms with E-state index in [1.807, 2.05) is 31.2 Å². The van der Waals surface area contributed by atoms with Crippen molar-refractivity contribution in [2.45, 2.75) is 6.92 Å². The van der Waals surface area contributed by atoms with Gasteiger partial charge in [0.2, 0.25) is 0 Å². The first-order valence-corrected chi connectivity index (χ1v) is 6.42. The first kappa shape index (κ1) is 13.7. The lowest BCUT2D eigenvalue weighted by atomic mass is 10.2. The van der Waals surface area contributed by atoms with Crippen molar-refractivity contribution >= 4 is 17.3 Å². The fourth-order valence-electron chi connectivity index (χ4n) is 1.68. The van der Waals surface area contributed by atoms with E-state index < -0.39 is 0 Å². The van der Waals surface area contributed by atoms with Gasteiger partial charge in [0.1, 0.15) is 18.2 Å². The third-order valence-electron chi connectivity index (χ3n) is 2.70. The van der Waals surface area contributed by atoms with E-state index in [0.29, 0.717) is 23.9 Å². The van der Waals surface area contributed by atoms with E-state index >= 15 is 0 Å². The summed E-state index contributed by atoms with van der Waals surface area (Å²) < 4.78 is 18.6. The van der Waals surface area contributed by atoms with Crippen LogP contribution < -0.4 is 10.1 Å². The van der Waals surface area contributed by atoms with E-state index in [-0.39, 0.29) is 5.82 Å². The van der Waals surface area contributed by atoms with Crippen molar-refractivity contribution in [3.8, 4) is 5.75 Å². The van der Waals surface area contributed by atoms with Gasteiger partial charge < -0.3 is 10.1 Å². The number of halogens is 2. The van der Waals surface area contributed by atoms with Crippen LogP contribution in [0.5, 0.6) is 5.75 Å². The highest BCUT2D eigenvalue weighted by Gasteiger charge is 2.02. The van der Waals surface area contributed by atoms with Crippen molar-refractivity contribution in [2.24, 2.45) is 0 Å². The first-order valence-electron chi connectivity index (χ1n) is 6.04. The molecule has 0 saturated carbocycles. The van der Waals surface area contributed by atoms with Crippen molar-refractivity contribution in [3.05, 3.63) is 58.9 Å². The monoisotopic (exact) mass is 279 g/mol. The van der Waals surface area contributed by atoms with Gasteiger partial charge >= 0.3 is 0 Å². The largest absolute Gasteiger partial charge is 0.491 e. The summed E-state index contributed by atoms with van der Waals surface area (Å²) in [4.78, 5) is 0. The van der Waals surface area contributed by atoms with Gasteiger partial charge in [0.15, 0.2) is 0 Å². The van der Waals surface area contributed by atoms with Crippen LogP contribution in [0.2, 0.25) is 5.02 Å². The molecule has 0 atom stereocenters. The number of nitrogens with one attached hydrogen (secondary N) is 1. The highest BCUT2D eigenvalue weighted by Crippen LogP contribution is 2.21. The van der Waals surface area contributed by atoms with Crippen LogP contribution >= 0.6 is 11.6 Å². The van der Waals surface area contributed by atoms with E-state index in [9.17, 15) is 4.39 Å². The Morgan fingerprint density at radius 1 is 1.21 bits per heavy atom. The van der Waals surface area contributed by atoms with Crippen molar-refractivity contribution in [1.82, 2.24) is 0 Å². The zero-order chi connectivity index (χ0) is 13.7. The van der Waals surface area contributed by atoms with Crippen LogP contribution in [0.15, 0.2) is 42.5 Å². The van der Waals surface area contributed by atoms with Crippen molar-refractivity contribution in [1.29, 1.82) is 0 Å². The zero-order valence-electron chi connectivity index (χ0n) is 10.6. The molecule has 2 aromatic carbocycles. The molecule has 2 rings (SSSR count). The predicted octanol–water partition coefficient (Wildman–Crippen LogP) is 4.28. The molecule has 0 aliphatic heterocycles. The molecule has 0 fully saturated rings. The van der Waals surface area contributed by atoms with Gasteiger partial charge in [0.25, 0.3) is 0 Å². The Kier molecular flexibility index (Phi) is 4.63. The Balaban J connectivity index is 1.84. The van der Waals surface area contributed by atoms with Crippen LogP contribution in [0.25, 0.3) is 0 Å². The molecule has 0 unspecified atom stereocenters. The van der Waals surface area contributed by atoms with Crippen LogP contribution in [0.1, 0.15) is 5.56 Å². The first-order chi connectivity index (χ1) is 9.16. The molecule has 0 aliphatic rings. The Morgan fingerprint density at radius 3 is 2.79 bits per heavy atom. The molecule has 4 heteroatoms. The maximum atomic E-state index is 13.1. The van der Waals surface area contributed by atoms with E-state index in [1.165, 1.54) is 12.1 Å². The minimum atomic E-state index is -0.292. The molecular formula is C15H15ClFNO. The molecular weight excluding hydrogens is 265 g/mol. The maximum absolute atomic E-state index is 13.1. The van der Waals surface area contributed by atoms with Gasteiger partial charge in [-0.05, 0) is 30.7 Å². The van der Waals surface area contributed by atoms with E-state index in [0.717, 1.165) is 11.3 Å². The number of hydrogen-bond donors (Lipinski definition) is 1. The maximum Gasteiger partial charge on any atom is 0.126 e. The van der Waals surface area contributed by atoms with Crippen molar-refractivity contribution in [2.75, 3.05) is 18.5 Å². The summed E-state index contributed by atoms with van der Waals surface area (Å²) in [6.07, 6.45) is 0. The standard InChI is InChI=1S/C15H15ClFNO/c1-11-6-7-12(17)10-15(11)19-9-8-18-14-5-3-2-4-13(14)16/h2-7,10,18H,8-9H2,1H3. The minimum absolute atomic E-state index is 0.292. The topological polar surface area (TPSA) is 21.3 Å². The van der Waals surface area contributed by atoms with Gasteiger partial charge in [-0.25, -0.2) is 4.39 Å². The number of ether oxygens (including phenoxy) is 1. The number of benzene rings is 2. The fraction of sp³-hybridized carbons (Fsp3) is 0.200. The number of para-hydroxylation sites is 1. The summed E-state index contributed by atoms with van der Waals surface area (Å²) in [7, 11) is 0. The average molecular weight is 280 g/mol. The molecule has 0 saturated heterocycles. The molecule has 100 valence electrons. The summed E-state index contributed by atoms with van der Waals surface area (Å²) in [6, 6.07) is 12.0. The van der Waals surface area contributed by atoms with Gasteiger partial charge in [-0.15, -0.1) is 0 Å². The molecule has 0 bridgehead atoms. The van der Waals surface area contributed by atoms with Crippen LogP contribution in [0.4, 0.5) is 10.1 Å². The number of aryl methyl sites for hydroxylation is 1. The normalized spacial score (nSPS) is 10.3. The minimum Gasteiger partial charge on any atom is -0.491 e. The predicted molar refractivity (Wildman–Crippen MR) is 76.6 cm³/mol. The zero-order valence-corrected chi connectivity index (χ0v) is 11.4. The quantitative estimate of drug-likeness (QED) is 0.825. The SMILES string of the molecule is Cc1ccc(F)cc1OCCNc1ccccc1Cl. The third-order valence-corrected chi connectivity index (χ3v) is 3.03. The molecule has 0 radical (unpaired) electrons. The fourth-order valence-corrected chi connectivity index (χ4v) is 1.88.